The van der Waals surface area contributed by atoms with E-state index in [1.807, 2.05) is 6.08 Å². The molecule has 0 radical (unpaired) electrons. The zero-order chi connectivity index (χ0) is 11.7. The number of carbonyl (C=O) groups excluding carboxylic acids is 1. The van der Waals surface area contributed by atoms with E-state index in [0.29, 0.717) is 6.61 Å². The van der Waals surface area contributed by atoms with Crippen LogP contribution < -0.4 is 0 Å². The number of halogens is 1. The van der Waals surface area contributed by atoms with E-state index in [2.05, 4.69) is 35.9 Å². The normalized spacial score (nSPS) is 12.8. The summed E-state index contributed by atoms with van der Waals surface area (Å²) in [6.45, 7) is 5.97. The zero-order valence-corrected chi connectivity index (χ0v) is 11.3. The molecule has 0 saturated carbocycles. The minimum atomic E-state index is -0.228. The third kappa shape index (κ3) is 9.73. The number of hydrogen-bond acceptors (Lipinski definition) is 2. The Hall–Kier alpha value is -0.570. The second kappa shape index (κ2) is 8.72. The SMILES string of the molecule is CC(=O)OC/C=C(/C)CC/C=C(\C)CBr. The predicted octanol–water partition coefficient (Wildman–Crippen LogP) is 3.62. The zero-order valence-electron chi connectivity index (χ0n) is 9.68. The van der Waals surface area contributed by atoms with Gasteiger partial charge >= 0.3 is 5.97 Å². The number of alkyl halides is 1. The maximum Gasteiger partial charge on any atom is 0.302 e. The number of hydrogen-bond donors (Lipinski definition) is 0. The van der Waals surface area contributed by atoms with Crippen LogP contribution in [0.25, 0.3) is 0 Å². The summed E-state index contributed by atoms with van der Waals surface area (Å²) in [6, 6.07) is 0. The van der Waals surface area contributed by atoms with Crippen LogP contribution in [0.15, 0.2) is 23.3 Å². The van der Waals surface area contributed by atoms with E-state index >= 15 is 0 Å². The Labute approximate surface area is 101 Å². The molecule has 86 valence electrons. The Morgan fingerprint density at radius 2 is 1.87 bits per heavy atom. The largest absolute Gasteiger partial charge is 0.462 e. The first-order valence-electron chi connectivity index (χ1n) is 5.07. The van der Waals surface area contributed by atoms with E-state index in [-0.39, 0.29) is 5.97 Å². The molecule has 0 rings (SSSR count). The maximum atomic E-state index is 10.5. The minimum Gasteiger partial charge on any atom is -0.462 e. The van der Waals surface area contributed by atoms with Crippen molar-refractivity contribution >= 4 is 21.9 Å². The van der Waals surface area contributed by atoms with Gasteiger partial charge in [-0.05, 0) is 32.8 Å². The van der Waals surface area contributed by atoms with Gasteiger partial charge in [-0.3, -0.25) is 4.79 Å². The monoisotopic (exact) mass is 274 g/mol. The first-order chi connectivity index (χ1) is 7.06. The Balaban J connectivity index is 3.73. The van der Waals surface area contributed by atoms with Crippen LogP contribution in [-0.2, 0) is 9.53 Å². The summed E-state index contributed by atoms with van der Waals surface area (Å²) in [5.41, 5.74) is 2.61. The average Bonchev–Trinajstić information content (AvgIpc) is 2.17. The van der Waals surface area contributed by atoms with E-state index in [1.54, 1.807) is 0 Å². The number of esters is 1. The van der Waals surface area contributed by atoms with Crippen LogP contribution in [0.2, 0.25) is 0 Å². The fourth-order valence-electron chi connectivity index (χ4n) is 1.00. The van der Waals surface area contributed by atoms with Crippen molar-refractivity contribution in [3.05, 3.63) is 23.3 Å². The molecule has 0 saturated heterocycles. The molecule has 0 unspecified atom stereocenters. The molecular formula is C12H19BrO2. The highest BCUT2D eigenvalue weighted by Crippen LogP contribution is 2.07. The molecule has 0 aromatic rings. The number of ether oxygens (including phenoxy) is 1. The van der Waals surface area contributed by atoms with E-state index in [1.165, 1.54) is 18.1 Å². The van der Waals surface area contributed by atoms with Gasteiger partial charge in [0.25, 0.3) is 0 Å². The topological polar surface area (TPSA) is 26.3 Å². The summed E-state index contributed by atoms with van der Waals surface area (Å²) in [4.78, 5) is 10.5. The van der Waals surface area contributed by atoms with Crippen LogP contribution in [-0.4, -0.2) is 17.9 Å². The number of carbonyl (C=O) groups is 1. The lowest BCUT2D eigenvalue weighted by Gasteiger charge is -2.00. The minimum absolute atomic E-state index is 0.228. The summed E-state index contributed by atoms with van der Waals surface area (Å²) in [5, 5.41) is 0.934. The van der Waals surface area contributed by atoms with Crippen molar-refractivity contribution < 1.29 is 9.53 Å². The van der Waals surface area contributed by atoms with Crippen molar-refractivity contribution in [3.8, 4) is 0 Å². The van der Waals surface area contributed by atoms with Gasteiger partial charge in [-0.25, -0.2) is 0 Å². The van der Waals surface area contributed by atoms with E-state index in [4.69, 9.17) is 4.74 Å². The fourth-order valence-corrected chi connectivity index (χ4v) is 1.23. The molecule has 3 heteroatoms. The van der Waals surface area contributed by atoms with Gasteiger partial charge in [0.2, 0.25) is 0 Å². The second-order valence-corrected chi connectivity index (χ2v) is 4.14. The summed E-state index contributed by atoms with van der Waals surface area (Å²) in [7, 11) is 0. The first kappa shape index (κ1) is 14.4. The molecule has 0 aliphatic rings. The Morgan fingerprint density at radius 1 is 1.20 bits per heavy atom. The highest BCUT2D eigenvalue weighted by atomic mass is 79.9. The van der Waals surface area contributed by atoms with Crippen LogP contribution in [0.5, 0.6) is 0 Å². The smallest absolute Gasteiger partial charge is 0.302 e. The van der Waals surface area contributed by atoms with E-state index in [0.717, 1.165) is 18.2 Å². The standard InChI is InChI=1S/C12H19BrO2/c1-10(7-8-15-12(3)14)5-4-6-11(2)9-13/h6-7H,4-5,8-9H2,1-3H3/b10-7-,11-6+. The molecule has 0 aromatic heterocycles. The first-order valence-corrected chi connectivity index (χ1v) is 6.19. The van der Waals surface area contributed by atoms with Crippen LogP contribution in [0.4, 0.5) is 0 Å². The lowest BCUT2D eigenvalue weighted by molar-refractivity contribution is -0.139. The van der Waals surface area contributed by atoms with Gasteiger partial charge in [-0.15, -0.1) is 0 Å². The summed E-state index contributed by atoms with van der Waals surface area (Å²) in [6.07, 6.45) is 6.24. The lowest BCUT2D eigenvalue weighted by Crippen LogP contribution is -1.98. The van der Waals surface area contributed by atoms with Gasteiger partial charge in [0.15, 0.2) is 0 Å². The van der Waals surface area contributed by atoms with Crippen LogP contribution in [0.3, 0.4) is 0 Å². The van der Waals surface area contributed by atoms with Gasteiger partial charge in [0.05, 0.1) is 0 Å². The van der Waals surface area contributed by atoms with Crippen molar-refractivity contribution in [2.75, 3.05) is 11.9 Å². The van der Waals surface area contributed by atoms with Gasteiger partial charge in [-0.1, -0.05) is 33.2 Å². The quantitative estimate of drug-likeness (QED) is 0.420. The molecule has 0 heterocycles. The number of rotatable bonds is 6. The molecule has 0 aliphatic carbocycles. The molecule has 0 bridgehead atoms. The van der Waals surface area contributed by atoms with Crippen LogP contribution in [0, 0.1) is 0 Å². The molecule has 0 fully saturated rings. The Kier molecular flexibility index (Phi) is 8.38. The maximum absolute atomic E-state index is 10.5. The van der Waals surface area contributed by atoms with Gasteiger partial charge in [-0.2, -0.15) is 0 Å². The van der Waals surface area contributed by atoms with Crippen molar-refractivity contribution in [2.45, 2.75) is 33.6 Å². The third-order valence-electron chi connectivity index (χ3n) is 1.96. The molecule has 0 aromatic carbocycles. The predicted molar refractivity (Wildman–Crippen MR) is 67.2 cm³/mol. The summed E-state index contributed by atoms with van der Waals surface area (Å²) < 4.78 is 4.82. The van der Waals surface area contributed by atoms with Crippen molar-refractivity contribution in [1.82, 2.24) is 0 Å². The molecule has 0 amide bonds. The molecular weight excluding hydrogens is 256 g/mol. The molecule has 0 N–H and O–H groups in total. The van der Waals surface area contributed by atoms with Gasteiger partial charge < -0.3 is 4.74 Å². The van der Waals surface area contributed by atoms with Gasteiger partial charge in [0, 0.05) is 12.3 Å². The average molecular weight is 275 g/mol. The number of allylic oxidation sites excluding steroid dienone is 3. The summed E-state index contributed by atoms with van der Waals surface area (Å²) >= 11 is 3.40. The van der Waals surface area contributed by atoms with Crippen LogP contribution in [0.1, 0.15) is 33.6 Å². The van der Waals surface area contributed by atoms with Crippen molar-refractivity contribution in [2.24, 2.45) is 0 Å². The molecule has 2 nitrogen and oxygen atoms in total. The van der Waals surface area contributed by atoms with Gasteiger partial charge in [0.1, 0.15) is 6.61 Å². The van der Waals surface area contributed by atoms with E-state index < -0.39 is 0 Å². The molecule has 0 spiro atoms. The van der Waals surface area contributed by atoms with Crippen molar-refractivity contribution in [1.29, 1.82) is 0 Å². The van der Waals surface area contributed by atoms with Crippen molar-refractivity contribution in [3.63, 3.8) is 0 Å². The summed E-state index contributed by atoms with van der Waals surface area (Å²) in [5.74, 6) is -0.228. The second-order valence-electron chi connectivity index (χ2n) is 3.58. The molecule has 15 heavy (non-hydrogen) atoms. The Bertz CT molecular complexity index is 254. The third-order valence-corrected chi connectivity index (χ3v) is 2.85. The highest BCUT2D eigenvalue weighted by molar-refractivity contribution is 9.09. The highest BCUT2D eigenvalue weighted by Gasteiger charge is 1.92. The lowest BCUT2D eigenvalue weighted by atomic mass is 10.1. The molecule has 0 aliphatic heterocycles. The Morgan fingerprint density at radius 3 is 2.40 bits per heavy atom. The van der Waals surface area contributed by atoms with E-state index in [9.17, 15) is 4.79 Å². The molecule has 0 atom stereocenters. The fraction of sp³-hybridized carbons (Fsp3) is 0.583. The van der Waals surface area contributed by atoms with Crippen LogP contribution >= 0.6 is 15.9 Å².